The summed E-state index contributed by atoms with van der Waals surface area (Å²) in [5, 5.41) is 8.70. The Labute approximate surface area is 189 Å². The number of rotatable bonds is 5. The van der Waals surface area contributed by atoms with E-state index >= 15 is 0 Å². The third-order valence-corrected chi connectivity index (χ3v) is 5.17. The van der Waals surface area contributed by atoms with Gasteiger partial charge in [-0.25, -0.2) is 0 Å². The second-order valence-corrected chi connectivity index (χ2v) is 7.59. The average Bonchev–Trinajstić information content (AvgIpc) is 3.10. The van der Waals surface area contributed by atoms with Gasteiger partial charge in [-0.2, -0.15) is 0 Å². The van der Waals surface area contributed by atoms with Crippen LogP contribution >= 0.6 is 11.6 Å². The van der Waals surface area contributed by atoms with Crippen LogP contribution in [0.2, 0.25) is 5.02 Å². The third kappa shape index (κ3) is 4.63. The Morgan fingerprint density at radius 3 is 2.44 bits per heavy atom. The summed E-state index contributed by atoms with van der Waals surface area (Å²) in [5.74, 6) is -0.874. The minimum atomic E-state index is -0.336. The van der Waals surface area contributed by atoms with Crippen LogP contribution in [0, 0.1) is 0 Å². The molecule has 0 unspecified atom stereocenters. The number of nitrogens with two attached hydrogens (primary N) is 1. The van der Waals surface area contributed by atoms with Gasteiger partial charge in [0.25, 0.3) is 11.8 Å². The molecular formula is C24H19ClN4O3. The molecule has 7 nitrogen and oxygen atoms in total. The van der Waals surface area contributed by atoms with Gasteiger partial charge in [0.1, 0.15) is 0 Å². The molecule has 4 rings (SSSR count). The summed E-state index contributed by atoms with van der Waals surface area (Å²) in [6, 6.07) is 18.7. The predicted molar refractivity (Wildman–Crippen MR) is 124 cm³/mol. The zero-order chi connectivity index (χ0) is 22.7. The number of hydrogen-bond donors (Lipinski definition) is 4. The Kier molecular flexibility index (Phi) is 5.91. The molecule has 3 amide bonds. The monoisotopic (exact) mass is 446 g/mol. The maximum Gasteiger partial charge on any atom is 0.256 e. The second kappa shape index (κ2) is 8.95. The fourth-order valence-electron chi connectivity index (χ4n) is 3.27. The molecule has 1 aliphatic rings. The van der Waals surface area contributed by atoms with Crippen LogP contribution in [-0.4, -0.2) is 17.7 Å². The third-order valence-electron chi connectivity index (χ3n) is 4.93. The molecule has 5 N–H and O–H groups in total. The summed E-state index contributed by atoms with van der Waals surface area (Å²) in [7, 11) is 0. The van der Waals surface area contributed by atoms with E-state index in [1.54, 1.807) is 60.7 Å². The maximum absolute atomic E-state index is 12.4. The van der Waals surface area contributed by atoms with Crippen molar-refractivity contribution in [2.45, 2.75) is 6.54 Å². The number of carbonyl (C=O) groups is 3. The molecule has 1 heterocycles. The molecular weight excluding hydrogens is 428 g/mol. The lowest BCUT2D eigenvalue weighted by atomic mass is 10.1. The van der Waals surface area contributed by atoms with E-state index in [-0.39, 0.29) is 24.3 Å². The van der Waals surface area contributed by atoms with E-state index in [2.05, 4.69) is 16.0 Å². The van der Waals surface area contributed by atoms with Crippen molar-refractivity contribution in [3.8, 4) is 0 Å². The molecule has 160 valence electrons. The smallest absolute Gasteiger partial charge is 0.256 e. The normalized spacial score (nSPS) is 13.4. The van der Waals surface area contributed by atoms with Crippen LogP contribution in [0.5, 0.6) is 0 Å². The first-order valence-electron chi connectivity index (χ1n) is 9.76. The molecule has 0 bridgehead atoms. The number of benzene rings is 3. The molecule has 0 aromatic heterocycles. The van der Waals surface area contributed by atoms with Gasteiger partial charge < -0.3 is 21.7 Å². The Morgan fingerprint density at radius 2 is 1.72 bits per heavy atom. The van der Waals surface area contributed by atoms with E-state index in [1.807, 2.05) is 6.07 Å². The highest BCUT2D eigenvalue weighted by Crippen LogP contribution is 2.24. The predicted octanol–water partition coefficient (Wildman–Crippen LogP) is 3.58. The molecule has 3 aromatic rings. The van der Waals surface area contributed by atoms with Crippen molar-refractivity contribution < 1.29 is 14.4 Å². The fraction of sp³-hybridized carbons (Fsp3) is 0.0417. The lowest BCUT2D eigenvalue weighted by Gasteiger charge is -2.09. The quantitative estimate of drug-likeness (QED) is 0.354. The first-order chi connectivity index (χ1) is 15.4. The van der Waals surface area contributed by atoms with E-state index in [1.165, 1.54) is 6.08 Å². The van der Waals surface area contributed by atoms with Gasteiger partial charge in [0.05, 0.1) is 17.1 Å². The molecule has 0 radical (unpaired) electrons. The van der Waals surface area contributed by atoms with Crippen LogP contribution in [-0.2, 0) is 11.3 Å². The van der Waals surface area contributed by atoms with Gasteiger partial charge in [0.2, 0.25) is 5.91 Å². The number of amides is 3. The van der Waals surface area contributed by atoms with Gasteiger partial charge in [-0.05, 0) is 42.0 Å². The minimum absolute atomic E-state index is 0.228. The molecule has 0 aliphatic carbocycles. The van der Waals surface area contributed by atoms with Crippen molar-refractivity contribution >= 4 is 46.4 Å². The minimum Gasteiger partial charge on any atom is -0.397 e. The van der Waals surface area contributed by atoms with Crippen molar-refractivity contribution in [2.75, 3.05) is 11.1 Å². The highest BCUT2D eigenvalue weighted by atomic mass is 35.5. The van der Waals surface area contributed by atoms with Crippen LogP contribution in [0.4, 0.5) is 11.4 Å². The maximum atomic E-state index is 12.4. The van der Waals surface area contributed by atoms with Gasteiger partial charge in [0, 0.05) is 34.3 Å². The number of anilines is 2. The molecule has 0 fully saturated rings. The van der Waals surface area contributed by atoms with E-state index in [9.17, 15) is 14.4 Å². The van der Waals surface area contributed by atoms with Crippen molar-refractivity contribution in [1.29, 1.82) is 0 Å². The average molecular weight is 447 g/mol. The fourth-order valence-corrected chi connectivity index (χ4v) is 3.45. The number of hydrogen-bond acceptors (Lipinski definition) is 4. The van der Waals surface area contributed by atoms with Crippen molar-refractivity contribution in [2.24, 2.45) is 0 Å². The van der Waals surface area contributed by atoms with Crippen molar-refractivity contribution in [1.82, 2.24) is 10.6 Å². The Balaban J connectivity index is 1.35. The zero-order valence-corrected chi connectivity index (χ0v) is 17.6. The van der Waals surface area contributed by atoms with Gasteiger partial charge in [-0.15, -0.1) is 0 Å². The Morgan fingerprint density at radius 1 is 1.00 bits per heavy atom. The molecule has 0 saturated carbocycles. The van der Waals surface area contributed by atoms with E-state index in [4.69, 9.17) is 17.3 Å². The molecule has 0 spiro atoms. The van der Waals surface area contributed by atoms with Gasteiger partial charge in [-0.1, -0.05) is 41.9 Å². The molecule has 0 saturated heterocycles. The Bertz CT molecular complexity index is 1250. The standard InChI is InChI=1S/C24H19ClN4O3/c25-16-9-10-20(19(26)11-16)28-23(31)15-7-5-14(6-8-15)13-27-22(30)12-21-17-3-1-2-4-18(17)24(32)29-21/h1-12H,13,26H2,(H,27,30)(H,28,31)(H,29,32)/b21-12-. The van der Waals surface area contributed by atoms with Crippen LogP contribution < -0.4 is 21.7 Å². The molecule has 3 aromatic carbocycles. The summed E-state index contributed by atoms with van der Waals surface area (Å²) in [4.78, 5) is 36.7. The number of nitrogens with one attached hydrogen (secondary N) is 3. The van der Waals surface area contributed by atoms with Crippen LogP contribution in [0.3, 0.4) is 0 Å². The van der Waals surface area contributed by atoms with Crippen LogP contribution in [0.25, 0.3) is 5.70 Å². The van der Waals surface area contributed by atoms with Crippen molar-refractivity contribution in [3.05, 3.63) is 100 Å². The summed E-state index contributed by atoms with van der Waals surface area (Å²) < 4.78 is 0. The molecule has 32 heavy (non-hydrogen) atoms. The Hall–Kier alpha value is -4.10. The van der Waals surface area contributed by atoms with E-state index in [0.717, 1.165) is 5.56 Å². The SMILES string of the molecule is Nc1cc(Cl)ccc1NC(=O)c1ccc(CNC(=O)/C=C2\NC(=O)c3ccccc32)cc1. The lowest BCUT2D eigenvalue weighted by molar-refractivity contribution is -0.116. The highest BCUT2D eigenvalue weighted by Gasteiger charge is 2.23. The first kappa shape index (κ1) is 21.1. The van der Waals surface area contributed by atoms with Crippen molar-refractivity contribution in [3.63, 3.8) is 0 Å². The molecule has 8 heteroatoms. The van der Waals surface area contributed by atoms with E-state index in [0.29, 0.717) is 38.8 Å². The molecule has 0 atom stereocenters. The number of nitrogen functional groups attached to an aromatic ring is 1. The lowest BCUT2D eigenvalue weighted by Crippen LogP contribution is -2.22. The van der Waals surface area contributed by atoms with Crippen LogP contribution in [0.1, 0.15) is 31.8 Å². The van der Waals surface area contributed by atoms with Gasteiger partial charge in [0.15, 0.2) is 0 Å². The summed E-state index contributed by atoms with van der Waals surface area (Å²) in [5.41, 5.74) is 9.69. The number of halogens is 1. The van der Waals surface area contributed by atoms with Gasteiger partial charge in [-0.3, -0.25) is 14.4 Å². The second-order valence-electron chi connectivity index (χ2n) is 7.16. The summed E-state index contributed by atoms with van der Waals surface area (Å²) in [6.07, 6.45) is 1.36. The first-order valence-corrected chi connectivity index (χ1v) is 10.1. The summed E-state index contributed by atoms with van der Waals surface area (Å²) in [6.45, 7) is 0.268. The van der Waals surface area contributed by atoms with E-state index < -0.39 is 0 Å². The van der Waals surface area contributed by atoms with Gasteiger partial charge >= 0.3 is 0 Å². The largest absolute Gasteiger partial charge is 0.397 e. The number of fused-ring (bicyclic) bond motifs is 1. The topological polar surface area (TPSA) is 113 Å². The molecule has 1 aliphatic heterocycles. The zero-order valence-electron chi connectivity index (χ0n) is 16.8. The highest BCUT2D eigenvalue weighted by molar-refractivity contribution is 6.31. The van der Waals surface area contributed by atoms with Crippen LogP contribution in [0.15, 0.2) is 72.8 Å². The summed E-state index contributed by atoms with van der Waals surface area (Å²) >= 11 is 5.87. The number of carbonyl (C=O) groups excluding carboxylic acids is 3.